The average Bonchev–Trinajstić information content (AvgIpc) is 3.49. The Morgan fingerprint density at radius 2 is 1.09 bits per heavy atom. The standard InChI is InChI=1S/C30H16BN/c1-2-7-17(8-3-1)18-9-4-13-23-24-16-15-22-20-11-5-10-19-21-12-6-14-25-27(21)31(26(19)20)28(22)30(24)32(25)29(18)23/h1-16H. The summed E-state index contributed by atoms with van der Waals surface area (Å²) < 4.78 is 2.58. The van der Waals surface area contributed by atoms with Crippen molar-refractivity contribution >= 4 is 44.9 Å². The van der Waals surface area contributed by atoms with Gasteiger partial charge in [0.1, 0.15) is 0 Å². The lowest BCUT2D eigenvalue weighted by Crippen LogP contribution is -2.50. The average molecular weight is 401 g/mol. The number of rotatable bonds is 1. The summed E-state index contributed by atoms with van der Waals surface area (Å²) in [5.74, 6) is 0. The molecule has 6 aromatic rings. The van der Waals surface area contributed by atoms with Gasteiger partial charge in [0.2, 0.25) is 6.71 Å². The molecule has 0 bridgehead atoms. The smallest absolute Gasteiger partial charge is 0.249 e. The van der Waals surface area contributed by atoms with Gasteiger partial charge in [-0.25, -0.2) is 0 Å². The monoisotopic (exact) mass is 401 g/mol. The van der Waals surface area contributed by atoms with Crippen molar-refractivity contribution in [3.05, 3.63) is 97.1 Å². The fourth-order valence-electron chi connectivity index (χ4n) is 6.86. The second kappa shape index (κ2) is 5.06. The van der Waals surface area contributed by atoms with Crippen molar-refractivity contribution in [2.45, 2.75) is 0 Å². The van der Waals surface area contributed by atoms with Gasteiger partial charge in [0.25, 0.3) is 0 Å². The van der Waals surface area contributed by atoms with Crippen molar-refractivity contribution in [1.29, 1.82) is 0 Å². The molecule has 4 heterocycles. The van der Waals surface area contributed by atoms with Crippen LogP contribution in [-0.4, -0.2) is 11.3 Å². The third-order valence-corrected chi connectivity index (χ3v) is 7.95. The molecule has 0 atom stereocenters. The molecule has 3 aliphatic heterocycles. The van der Waals surface area contributed by atoms with E-state index in [1.54, 1.807) is 0 Å². The zero-order valence-corrected chi connectivity index (χ0v) is 17.3. The lowest BCUT2D eigenvalue weighted by molar-refractivity contribution is 1.19. The number of fused-ring (bicyclic) bond motifs is 6. The Labute approximate surface area is 185 Å². The fourth-order valence-corrected chi connectivity index (χ4v) is 6.86. The molecule has 1 nitrogen and oxygen atoms in total. The zero-order chi connectivity index (χ0) is 20.6. The molecule has 0 aliphatic carbocycles. The largest absolute Gasteiger partial charge is 0.310 e. The minimum atomic E-state index is 0.378. The summed E-state index contributed by atoms with van der Waals surface area (Å²) in [4.78, 5) is 0. The van der Waals surface area contributed by atoms with Crippen LogP contribution in [0.4, 0.5) is 0 Å². The minimum Gasteiger partial charge on any atom is -0.310 e. The van der Waals surface area contributed by atoms with E-state index in [-0.39, 0.29) is 0 Å². The number of aromatic nitrogens is 1. The second-order valence-corrected chi connectivity index (χ2v) is 9.26. The summed E-state index contributed by atoms with van der Waals surface area (Å²) in [5, 5.41) is 2.71. The van der Waals surface area contributed by atoms with Gasteiger partial charge in [-0.05, 0) is 44.8 Å². The lowest BCUT2D eigenvalue weighted by atomic mass is 9.39. The SMILES string of the molecule is c1ccc(-c2cccc3c4ccc5c6c4n(c23)-c2cccc3c2B6c2c-3cccc2-5)cc1. The fraction of sp³-hybridized carbons (Fsp3) is 0. The first-order valence-electron chi connectivity index (χ1n) is 11.3. The quantitative estimate of drug-likeness (QED) is 0.332. The molecule has 3 aliphatic rings. The summed E-state index contributed by atoms with van der Waals surface area (Å²) in [6.07, 6.45) is 0. The summed E-state index contributed by atoms with van der Waals surface area (Å²) >= 11 is 0. The molecule has 2 heteroatoms. The number of hydrogen-bond donors (Lipinski definition) is 0. The van der Waals surface area contributed by atoms with E-state index in [1.807, 2.05) is 0 Å². The molecule has 5 aromatic carbocycles. The van der Waals surface area contributed by atoms with Gasteiger partial charge in [-0.1, -0.05) is 96.5 Å². The minimum absolute atomic E-state index is 0.378. The predicted octanol–water partition coefficient (Wildman–Crippen LogP) is 5.24. The number of benzene rings is 5. The van der Waals surface area contributed by atoms with Crippen LogP contribution in [0.25, 0.3) is 60.9 Å². The molecule has 32 heavy (non-hydrogen) atoms. The molecule has 0 amide bonds. The van der Waals surface area contributed by atoms with Crippen molar-refractivity contribution in [3.8, 4) is 39.1 Å². The van der Waals surface area contributed by atoms with E-state index in [0.29, 0.717) is 6.71 Å². The highest BCUT2D eigenvalue weighted by atomic mass is 15.0. The molecule has 0 radical (unpaired) electrons. The van der Waals surface area contributed by atoms with Crippen LogP contribution in [0.5, 0.6) is 0 Å². The maximum absolute atomic E-state index is 2.58. The zero-order valence-electron chi connectivity index (χ0n) is 17.3. The highest BCUT2D eigenvalue weighted by Gasteiger charge is 2.47. The molecule has 0 spiro atoms. The van der Waals surface area contributed by atoms with Gasteiger partial charge in [-0.3, -0.25) is 0 Å². The van der Waals surface area contributed by atoms with E-state index in [9.17, 15) is 0 Å². The van der Waals surface area contributed by atoms with Gasteiger partial charge in [0, 0.05) is 27.5 Å². The van der Waals surface area contributed by atoms with Gasteiger partial charge in [-0.2, -0.15) is 0 Å². The summed E-state index contributed by atoms with van der Waals surface area (Å²) in [5.41, 5.74) is 16.9. The molecule has 0 saturated heterocycles. The third-order valence-electron chi connectivity index (χ3n) is 7.95. The Balaban J connectivity index is 1.59. The first-order valence-corrected chi connectivity index (χ1v) is 11.3. The Morgan fingerprint density at radius 1 is 0.438 bits per heavy atom. The summed E-state index contributed by atoms with van der Waals surface area (Å²) in [6, 6.07) is 36.1. The maximum Gasteiger partial charge on any atom is 0.249 e. The topological polar surface area (TPSA) is 4.93 Å². The van der Waals surface area contributed by atoms with Gasteiger partial charge in [0.05, 0.1) is 5.52 Å². The molecule has 9 rings (SSSR count). The first kappa shape index (κ1) is 15.7. The van der Waals surface area contributed by atoms with E-state index >= 15 is 0 Å². The van der Waals surface area contributed by atoms with Crippen LogP contribution in [-0.2, 0) is 0 Å². The predicted molar refractivity (Wildman–Crippen MR) is 135 cm³/mol. The van der Waals surface area contributed by atoms with Crippen molar-refractivity contribution in [3.63, 3.8) is 0 Å². The molecule has 0 saturated carbocycles. The normalized spacial score (nSPS) is 13.6. The van der Waals surface area contributed by atoms with E-state index in [4.69, 9.17) is 0 Å². The molecule has 144 valence electrons. The molecular weight excluding hydrogens is 385 g/mol. The van der Waals surface area contributed by atoms with Gasteiger partial charge in [0.15, 0.2) is 0 Å². The van der Waals surface area contributed by atoms with Crippen molar-refractivity contribution in [2.24, 2.45) is 0 Å². The molecular formula is C30H16BN. The van der Waals surface area contributed by atoms with Crippen LogP contribution < -0.4 is 16.4 Å². The van der Waals surface area contributed by atoms with Crippen molar-refractivity contribution < 1.29 is 0 Å². The van der Waals surface area contributed by atoms with Crippen LogP contribution in [0, 0.1) is 0 Å². The first-order chi connectivity index (χ1) is 15.9. The van der Waals surface area contributed by atoms with Crippen LogP contribution in [0.3, 0.4) is 0 Å². The summed E-state index contributed by atoms with van der Waals surface area (Å²) in [6.45, 7) is 0.378. The van der Waals surface area contributed by atoms with E-state index in [0.717, 1.165) is 0 Å². The van der Waals surface area contributed by atoms with Gasteiger partial charge in [-0.15, -0.1) is 0 Å². The Kier molecular flexibility index (Phi) is 2.48. The van der Waals surface area contributed by atoms with Crippen LogP contribution in [0.15, 0.2) is 97.1 Å². The maximum atomic E-state index is 2.58. The van der Waals surface area contributed by atoms with Crippen LogP contribution >= 0.6 is 0 Å². The molecule has 0 N–H and O–H groups in total. The Hall–Kier alpha value is -4.04. The second-order valence-electron chi connectivity index (χ2n) is 9.26. The molecule has 1 aromatic heterocycles. The summed E-state index contributed by atoms with van der Waals surface area (Å²) in [7, 11) is 0. The third kappa shape index (κ3) is 1.53. The number of nitrogens with zero attached hydrogens (tertiary/aromatic N) is 1. The van der Waals surface area contributed by atoms with Gasteiger partial charge >= 0.3 is 0 Å². The molecule has 0 fully saturated rings. The highest BCUT2D eigenvalue weighted by molar-refractivity contribution is 7.04. The Bertz CT molecular complexity index is 1820. The van der Waals surface area contributed by atoms with E-state index in [1.165, 1.54) is 77.3 Å². The Morgan fingerprint density at radius 3 is 1.94 bits per heavy atom. The van der Waals surface area contributed by atoms with Crippen molar-refractivity contribution in [1.82, 2.24) is 4.57 Å². The van der Waals surface area contributed by atoms with E-state index in [2.05, 4.69) is 102 Å². The number of hydrogen-bond acceptors (Lipinski definition) is 0. The van der Waals surface area contributed by atoms with Gasteiger partial charge < -0.3 is 4.57 Å². The van der Waals surface area contributed by atoms with Crippen molar-refractivity contribution in [2.75, 3.05) is 0 Å². The number of para-hydroxylation sites is 1. The van der Waals surface area contributed by atoms with E-state index < -0.39 is 0 Å². The molecule has 0 unspecified atom stereocenters. The van der Waals surface area contributed by atoms with Crippen LogP contribution in [0.2, 0.25) is 0 Å². The highest BCUT2D eigenvalue weighted by Crippen LogP contribution is 2.44. The van der Waals surface area contributed by atoms with Crippen LogP contribution in [0.1, 0.15) is 0 Å². The lowest BCUT2D eigenvalue weighted by Gasteiger charge is -2.24.